The zero-order chi connectivity index (χ0) is 11.8. The van der Waals surface area contributed by atoms with Crippen molar-refractivity contribution >= 4 is 0 Å². The van der Waals surface area contributed by atoms with Crippen molar-refractivity contribution < 1.29 is 5.11 Å². The van der Waals surface area contributed by atoms with Crippen LogP contribution in [-0.2, 0) is 6.54 Å². The van der Waals surface area contributed by atoms with Crippen LogP contribution in [0.4, 0.5) is 0 Å². The number of hydrogen-bond acceptors (Lipinski definition) is 4. The van der Waals surface area contributed by atoms with Gasteiger partial charge in [0.25, 0.3) is 0 Å². The third-order valence-corrected chi connectivity index (χ3v) is 3.08. The average molecular weight is 226 g/mol. The molecule has 6 nitrogen and oxygen atoms in total. The van der Waals surface area contributed by atoms with E-state index in [1.807, 2.05) is 13.8 Å². The van der Waals surface area contributed by atoms with Crippen molar-refractivity contribution in [2.24, 2.45) is 0 Å². The summed E-state index contributed by atoms with van der Waals surface area (Å²) in [5.74, 6) is 0.626. The summed E-state index contributed by atoms with van der Waals surface area (Å²) < 4.78 is 0. The van der Waals surface area contributed by atoms with Crippen LogP contribution in [0.2, 0.25) is 0 Å². The van der Waals surface area contributed by atoms with E-state index in [4.69, 9.17) is 0 Å². The summed E-state index contributed by atoms with van der Waals surface area (Å²) in [6.45, 7) is 5.16. The fraction of sp³-hybridized carbons (Fsp3) is 0.800. The van der Waals surface area contributed by atoms with Gasteiger partial charge in [-0.25, -0.2) is 9.89 Å². The minimum Gasteiger partial charge on any atom is -0.389 e. The molecule has 1 unspecified atom stereocenters. The molecule has 3 N–H and O–H groups in total. The van der Waals surface area contributed by atoms with Crippen molar-refractivity contribution in [3.63, 3.8) is 0 Å². The highest BCUT2D eigenvalue weighted by Crippen LogP contribution is 2.27. The topological polar surface area (TPSA) is 85.0 Å². The number of H-pyrrole nitrogens is 2. The van der Waals surface area contributed by atoms with Gasteiger partial charge < -0.3 is 5.11 Å². The fourth-order valence-electron chi connectivity index (χ4n) is 2.39. The van der Waals surface area contributed by atoms with E-state index in [0.29, 0.717) is 12.4 Å². The summed E-state index contributed by atoms with van der Waals surface area (Å²) in [5.41, 5.74) is -0.999. The molecule has 1 atom stereocenters. The Kier molecular flexibility index (Phi) is 2.86. The van der Waals surface area contributed by atoms with Crippen LogP contribution in [0.5, 0.6) is 0 Å². The summed E-state index contributed by atoms with van der Waals surface area (Å²) in [7, 11) is 0. The van der Waals surface area contributed by atoms with Crippen molar-refractivity contribution in [1.82, 2.24) is 20.1 Å². The van der Waals surface area contributed by atoms with Crippen molar-refractivity contribution in [3.8, 4) is 0 Å². The number of nitrogens with zero attached hydrogens (tertiary/aromatic N) is 2. The van der Waals surface area contributed by atoms with Gasteiger partial charge in [0.2, 0.25) is 0 Å². The zero-order valence-corrected chi connectivity index (χ0v) is 9.66. The smallest absolute Gasteiger partial charge is 0.340 e. The van der Waals surface area contributed by atoms with Gasteiger partial charge in [0.1, 0.15) is 5.82 Å². The van der Waals surface area contributed by atoms with Gasteiger partial charge in [-0.2, -0.15) is 5.10 Å². The van der Waals surface area contributed by atoms with Crippen molar-refractivity contribution in [2.45, 2.75) is 44.9 Å². The van der Waals surface area contributed by atoms with E-state index < -0.39 is 5.60 Å². The number of hydrogen-bond donors (Lipinski definition) is 3. The van der Waals surface area contributed by atoms with E-state index >= 15 is 0 Å². The molecular weight excluding hydrogens is 208 g/mol. The lowest BCUT2D eigenvalue weighted by molar-refractivity contribution is -0.00572. The van der Waals surface area contributed by atoms with Gasteiger partial charge in [-0.3, -0.25) is 9.88 Å². The normalized spacial score (nSPS) is 22.8. The van der Waals surface area contributed by atoms with Gasteiger partial charge in [-0.05, 0) is 33.2 Å². The van der Waals surface area contributed by atoms with Gasteiger partial charge in [0.05, 0.1) is 12.1 Å². The summed E-state index contributed by atoms with van der Waals surface area (Å²) >= 11 is 0. The average Bonchev–Trinajstić information content (AvgIpc) is 2.74. The third kappa shape index (κ3) is 2.33. The monoisotopic (exact) mass is 226 g/mol. The molecule has 0 aromatic carbocycles. The SMILES string of the molecule is CC(C)(O)C1CCCN1Cc1n[nH]c(=O)[nH]1. The van der Waals surface area contributed by atoms with Gasteiger partial charge in [0, 0.05) is 6.04 Å². The lowest BCUT2D eigenvalue weighted by atomic mass is 9.97. The highest BCUT2D eigenvalue weighted by Gasteiger charge is 2.35. The lowest BCUT2D eigenvalue weighted by Gasteiger charge is -2.33. The molecule has 0 bridgehead atoms. The fourth-order valence-corrected chi connectivity index (χ4v) is 2.39. The van der Waals surface area contributed by atoms with Crippen LogP contribution >= 0.6 is 0 Å². The maximum atomic E-state index is 10.9. The first-order chi connectivity index (χ1) is 7.47. The largest absolute Gasteiger partial charge is 0.389 e. The molecule has 1 aromatic heterocycles. The van der Waals surface area contributed by atoms with Crippen LogP contribution in [0.25, 0.3) is 0 Å². The number of aromatic amines is 2. The molecule has 0 radical (unpaired) electrons. The maximum Gasteiger partial charge on any atom is 0.340 e. The zero-order valence-electron chi connectivity index (χ0n) is 9.66. The molecule has 16 heavy (non-hydrogen) atoms. The molecular formula is C10H18N4O2. The Morgan fingerprint density at radius 2 is 2.38 bits per heavy atom. The van der Waals surface area contributed by atoms with Crippen LogP contribution < -0.4 is 5.69 Å². The van der Waals surface area contributed by atoms with E-state index in [9.17, 15) is 9.90 Å². The van der Waals surface area contributed by atoms with Crippen molar-refractivity contribution in [3.05, 3.63) is 16.3 Å². The van der Waals surface area contributed by atoms with E-state index in [0.717, 1.165) is 19.4 Å². The van der Waals surface area contributed by atoms with E-state index in [1.54, 1.807) is 0 Å². The summed E-state index contributed by atoms with van der Waals surface area (Å²) in [6.07, 6.45) is 2.06. The van der Waals surface area contributed by atoms with E-state index in [-0.39, 0.29) is 11.7 Å². The standard InChI is InChI=1S/C10H18N4O2/c1-10(2,16)7-4-3-5-14(7)6-8-11-9(15)13-12-8/h7,16H,3-6H2,1-2H3,(H2,11,12,13,15). The Balaban J connectivity index is 2.07. The Hall–Kier alpha value is -1.14. The Labute approximate surface area is 93.7 Å². The molecule has 2 heterocycles. The molecule has 2 rings (SSSR count). The maximum absolute atomic E-state index is 10.9. The molecule has 1 aliphatic heterocycles. The highest BCUT2D eigenvalue weighted by molar-refractivity contribution is 4.93. The first kappa shape index (κ1) is 11.3. The predicted molar refractivity (Wildman–Crippen MR) is 58.9 cm³/mol. The predicted octanol–water partition coefficient (Wildman–Crippen LogP) is -0.167. The molecule has 1 aliphatic rings. The molecule has 0 aliphatic carbocycles. The molecule has 1 saturated heterocycles. The minimum atomic E-state index is -0.715. The number of rotatable bonds is 3. The molecule has 90 valence electrons. The molecule has 6 heteroatoms. The molecule has 1 aromatic rings. The van der Waals surface area contributed by atoms with E-state index in [1.165, 1.54) is 0 Å². The Morgan fingerprint density at radius 1 is 1.62 bits per heavy atom. The molecule has 0 saturated carbocycles. The molecule has 0 spiro atoms. The number of likely N-dealkylation sites (tertiary alicyclic amines) is 1. The molecule has 1 fully saturated rings. The van der Waals surface area contributed by atoms with E-state index in [2.05, 4.69) is 20.1 Å². The van der Waals surface area contributed by atoms with Crippen LogP contribution in [0.15, 0.2) is 4.79 Å². The van der Waals surface area contributed by atoms with Crippen LogP contribution in [0, 0.1) is 0 Å². The Morgan fingerprint density at radius 3 is 2.94 bits per heavy atom. The van der Waals surface area contributed by atoms with Crippen molar-refractivity contribution in [1.29, 1.82) is 0 Å². The number of aromatic nitrogens is 3. The van der Waals surface area contributed by atoms with Crippen LogP contribution in [-0.4, -0.2) is 43.4 Å². The minimum absolute atomic E-state index is 0.132. The Bertz CT molecular complexity index is 403. The van der Waals surface area contributed by atoms with Crippen LogP contribution in [0.3, 0.4) is 0 Å². The number of nitrogens with one attached hydrogen (secondary N) is 2. The molecule has 0 amide bonds. The second kappa shape index (κ2) is 4.03. The van der Waals surface area contributed by atoms with Gasteiger partial charge in [-0.15, -0.1) is 0 Å². The third-order valence-electron chi connectivity index (χ3n) is 3.08. The lowest BCUT2D eigenvalue weighted by Crippen LogP contribution is -2.45. The highest BCUT2D eigenvalue weighted by atomic mass is 16.3. The van der Waals surface area contributed by atoms with Gasteiger partial charge >= 0.3 is 5.69 Å². The van der Waals surface area contributed by atoms with Gasteiger partial charge in [0.15, 0.2) is 0 Å². The number of aliphatic hydroxyl groups is 1. The van der Waals surface area contributed by atoms with Gasteiger partial charge in [-0.1, -0.05) is 0 Å². The summed E-state index contributed by atoms with van der Waals surface area (Å²) in [6, 6.07) is 0.132. The second-order valence-corrected chi connectivity index (χ2v) is 4.91. The van der Waals surface area contributed by atoms with Crippen LogP contribution in [0.1, 0.15) is 32.5 Å². The quantitative estimate of drug-likeness (QED) is 0.668. The van der Waals surface area contributed by atoms with Crippen molar-refractivity contribution in [2.75, 3.05) is 6.54 Å². The first-order valence-corrected chi connectivity index (χ1v) is 5.57. The second-order valence-electron chi connectivity index (χ2n) is 4.91. The first-order valence-electron chi connectivity index (χ1n) is 5.57. The summed E-state index contributed by atoms with van der Waals surface area (Å²) in [4.78, 5) is 15.7. The summed E-state index contributed by atoms with van der Waals surface area (Å²) in [5, 5.41) is 16.3.